The second-order valence-electron chi connectivity index (χ2n) is 3.74. The van der Waals surface area contributed by atoms with Crippen LogP contribution >= 0.6 is 0 Å². The number of phenols is 2. The van der Waals surface area contributed by atoms with Gasteiger partial charge in [0.1, 0.15) is 6.04 Å². The number of hydrogen-bond acceptors (Lipinski definition) is 5. The number of aliphatic hydroxyl groups excluding tert-OH is 1. The molecular formula is C11H15FN2O4. The summed E-state index contributed by atoms with van der Waals surface area (Å²) in [4.78, 5) is 11.2. The third-order valence-electron chi connectivity index (χ3n) is 2.41. The van der Waals surface area contributed by atoms with Crippen LogP contribution in [0.25, 0.3) is 0 Å². The van der Waals surface area contributed by atoms with Crippen LogP contribution < -0.4 is 11.1 Å². The van der Waals surface area contributed by atoms with Crippen LogP contribution in [-0.2, 0) is 11.2 Å². The minimum absolute atomic E-state index is 0.129. The van der Waals surface area contributed by atoms with E-state index in [0.29, 0.717) is 0 Å². The van der Waals surface area contributed by atoms with Gasteiger partial charge in [0.15, 0.2) is 11.5 Å². The highest BCUT2D eigenvalue weighted by molar-refractivity contribution is 5.81. The lowest BCUT2D eigenvalue weighted by atomic mass is 10.1. The summed E-state index contributed by atoms with van der Waals surface area (Å²) in [6.07, 6.45) is 0.174. The molecule has 6 nitrogen and oxygen atoms in total. The van der Waals surface area contributed by atoms with Gasteiger partial charge in [0, 0.05) is 6.54 Å². The minimum atomic E-state index is -1.09. The van der Waals surface area contributed by atoms with Crippen LogP contribution in [0.2, 0.25) is 0 Å². The van der Waals surface area contributed by atoms with Crippen LogP contribution in [0.4, 0.5) is 4.39 Å². The van der Waals surface area contributed by atoms with E-state index >= 15 is 0 Å². The van der Waals surface area contributed by atoms with Crippen molar-refractivity contribution in [2.45, 2.75) is 12.5 Å². The minimum Gasteiger partial charge on any atom is -0.505 e. The Morgan fingerprint density at radius 2 is 2.11 bits per heavy atom. The van der Waals surface area contributed by atoms with E-state index in [-0.39, 0.29) is 18.5 Å². The van der Waals surface area contributed by atoms with Crippen molar-refractivity contribution in [2.24, 2.45) is 5.73 Å². The van der Waals surface area contributed by atoms with Crippen LogP contribution in [0.1, 0.15) is 5.56 Å². The largest absolute Gasteiger partial charge is 0.505 e. The second-order valence-corrected chi connectivity index (χ2v) is 3.74. The SMILES string of the molecule is NC(CO)C(=O)NCCc1ccc(O)c(F)c1O. The number of nitrogens with one attached hydrogen (secondary N) is 1. The number of hydrogen-bond donors (Lipinski definition) is 5. The second kappa shape index (κ2) is 6.18. The molecule has 1 rings (SSSR count). The molecule has 0 aliphatic carbocycles. The van der Waals surface area contributed by atoms with Crippen LogP contribution in [0.5, 0.6) is 11.5 Å². The summed E-state index contributed by atoms with van der Waals surface area (Å²) in [5.74, 6) is -2.90. The zero-order valence-corrected chi connectivity index (χ0v) is 9.56. The van der Waals surface area contributed by atoms with Gasteiger partial charge in [-0.15, -0.1) is 0 Å². The first-order valence-corrected chi connectivity index (χ1v) is 5.30. The van der Waals surface area contributed by atoms with Crippen molar-refractivity contribution in [3.05, 3.63) is 23.5 Å². The number of aromatic hydroxyl groups is 2. The van der Waals surface area contributed by atoms with E-state index in [1.807, 2.05) is 0 Å². The molecule has 1 aromatic rings. The van der Waals surface area contributed by atoms with Crippen molar-refractivity contribution in [1.29, 1.82) is 0 Å². The average molecular weight is 258 g/mol. The number of rotatable bonds is 5. The molecule has 100 valence electrons. The van der Waals surface area contributed by atoms with Crippen molar-refractivity contribution < 1.29 is 24.5 Å². The number of carbonyl (C=O) groups is 1. The van der Waals surface area contributed by atoms with Crippen LogP contribution in [0, 0.1) is 5.82 Å². The highest BCUT2D eigenvalue weighted by atomic mass is 19.1. The summed E-state index contributed by atoms with van der Waals surface area (Å²) in [5, 5.41) is 29.4. The van der Waals surface area contributed by atoms with Crippen molar-refractivity contribution in [3.8, 4) is 11.5 Å². The molecule has 0 saturated heterocycles. The quantitative estimate of drug-likeness (QED) is 0.475. The fourth-order valence-electron chi connectivity index (χ4n) is 1.33. The van der Waals surface area contributed by atoms with E-state index in [0.717, 1.165) is 6.07 Å². The number of aliphatic hydroxyl groups is 1. The number of halogens is 1. The first kappa shape index (κ1) is 14.2. The van der Waals surface area contributed by atoms with Crippen molar-refractivity contribution >= 4 is 5.91 Å². The number of phenolic OH excluding ortho intramolecular Hbond substituents is 2. The molecule has 1 atom stereocenters. The zero-order valence-electron chi connectivity index (χ0n) is 9.56. The molecule has 1 amide bonds. The Morgan fingerprint density at radius 1 is 1.44 bits per heavy atom. The maximum atomic E-state index is 13.1. The van der Waals surface area contributed by atoms with Crippen molar-refractivity contribution in [1.82, 2.24) is 5.32 Å². The Bertz CT molecular complexity index is 439. The summed E-state index contributed by atoms with van der Waals surface area (Å²) in [6, 6.07) is 1.47. The molecule has 18 heavy (non-hydrogen) atoms. The molecule has 7 heteroatoms. The van der Waals surface area contributed by atoms with E-state index in [1.165, 1.54) is 6.07 Å². The molecule has 0 heterocycles. The number of benzene rings is 1. The van der Waals surface area contributed by atoms with Crippen molar-refractivity contribution in [3.63, 3.8) is 0 Å². The van der Waals surface area contributed by atoms with Gasteiger partial charge in [0.25, 0.3) is 0 Å². The molecule has 0 bridgehead atoms. The molecule has 6 N–H and O–H groups in total. The highest BCUT2D eigenvalue weighted by Crippen LogP contribution is 2.28. The van der Waals surface area contributed by atoms with Crippen LogP contribution in [0.3, 0.4) is 0 Å². The van der Waals surface area contributed by atoms with Gasteiger partial charge in [-0.3, -0.25) is 4.79 Å². The van der Waals surface area contributed by atoms with Crippen molar-refractivity contribution in [2.75, 3.05) is 13.2 Å². The van der Waals surface area contributed by atoms with E-state index in [4.69, 9.17) is 15.9 Å². The zero-order chi connectivity index (χ0) is 13.7. The summed E-state index contributed by atoms with van der Waals surface area (Å²) in [6.45, 7) is -0.338. The molecule has 0 spiro atoms. The molecule has 0 radical (unpaired) electrons. The van der Waals surface area contributed by atoms with E-state index in [2.05, 4.69) is 5.32 Å². The first-order chi connectivity index (χ1) is 8.47. The number of nitrogens with two attached hydrogens (primary N) is 1. The summed E-state index contributed by atoms with van der Waals surface area (Å²) < 4.78 is 13.1. The lowest BCUT2D eigenvalue weighted by Gasteiger charge is -2.10. The summed E-state index contributed by atoms with van der Waals surface area (Å²) in [7, 11) is 0. The molecule has 1 unspecified atom stereocenters. The molecule has 0 fully saturated rings. The number of carbonyl (C=O) groups excluding carboxylic acids is 1. The fraction of sp³-hybridized carbons (Fsp3) is 0.364. The lowest BCUT2D eigenvalue weighted by Crippen LogP contribution is -2.43. The van der Waals surface area contributed by atoms with Gasteiger partial charge in [0.05, 0.1) is 6.61 Å². The molecule has 0 aliphatic heterocycles. The predicted octanol–water partition coefficient (Wildman–Crippen LogP) is -0.785. The van der Waals surface area contributed by atoms with E-state index in [1.54, 1.807) is 0 Å². The third kappa shape index (κ3) is 3.31. The monoisotopic (exact) mass is 258 g/mol. The van der Waals surface area contributed by atoms with Gasteiger partial charge in [-0.2, -0.15) is 4.39 Å². The smallest absolute Gasteiger partial charge is 0.239 e. The summed E-state index contributed by atoms with van der Waals surface area (Å²) in [5.41, 5.74) is 5.52. The van der Waals surface area contributed by atoms with Gasteiger partial charge in [-0.1, -0.05) is 6.07 Å². The van der Waals surface area contributed by atoms with Gasteiger partial charge in [0.2, 0.25) is 11.7 Å². The highest BCUT2D eigenvalue weighted by Gasteiger charge is 2.13. The Kier molecular flexibility index (Phi) is 4.87. The standard InChI is InChI=1S/C11H15FN2O4/c12-9-8(16)2-1-6(10(9)17)3-4-14-11(18)7(13)5-15/h1-2,7,15-17H,3-5,13H2,(H,14,18). The van der Waals surface area contributed by atoms with Gasteiger partial charge >= 0.3 is 0 Å². The Morgan fingerprint density at radius 3 is 2.72 bits per heavy atom. The fourth-order valence-corrected chi connectivity index (χ4v) is 1.33. The molecule has 1 aromatic carbocycles. The molecule has 0 aliphatic rings. The van der Waals surface area contributed by atoms with E-state index in [9.17, 15) is 14.3 Å². The van der Waals surface area contributed by atoms with Crippen LogP contribution in [-0.4, -0.2) is 40.4 Å². The van der Waals surface area contributed by atoms with Crippen LogP contribution in [0.15, 0.2) is 12.1 Å². The first-order valence-electron chi connectivity index (χ1n) is 5.30. The molecular weight excluding hydrogens is 243 g/mol. The number of amides is 1. The van der Waals surface area contributed by atoms with Gasteiger partial charge < -0.3 is 26.4 Å². The predicted molar refractivity (Wildman–Crippen MR) is 61.5 cm³/mol. The maximum Gasteiger partial charge on any atom is 0.239 e. The Balaban J connectivity index is 2.55. The normalized spacial score (nSPS) is 12.2. The Hall–Kier alpha value is -1.86. The maximum absolute atomic E-state index is 13.1. The molecule has 0 saturated carbocycles. The van der Waals surface area contributed by atoms with Gasteiger partial charge in [-0.05, 0) is 18.1 Å². The molecule has 0 aromatic heterocycles. The van der Waals surface area contributed by atoms with E-state index < -0.39 is 35.9 Å². The Labute approximate surface area is 103 Å². The third-order valence-corrected chi connectivity index (χ3v) is 2.41. The average Bonchev–Trinajstić information content (AvgIpc) is 2.37. The van der Waals surface area contributed by atoms with Gasteiger partial charge in [-0.25, -0.2) is 0 Å². The topological polar surface area (TPSA) is 116 Å². The summed E-state index contributed by atoms with van der Waals surface area (Å²) >= 11 is 0. The lowest BCUT2D eigenvalue weighted by molar-refractivity contribution is -0.123.